The van der Waals surface area contributed by atoms with Crippen molar-refractivity contribution in [1.29, 1.82) is 0 Å². The molecule has 2 aromatic carbocycles. The predicted molar refractivity (Wildman–Crippen MR) is 99.3 cm³/mol. The van der Waals surface area contributed by atoms with Gasteiger partial charge in [-0.2, -0.15) is 0 Å². The first-order valence-electron chi connectivity index (χ1n) is 8.19. The Kier molecular flexibility index (Phi) is 6.11. The fourth-order valence-electron chi connectivity index (χ4n) is 2.29. The minimum absolute atomic E-state index is 0.362. The van der Waals surface area contributed by atoms with Crippen LogP contribution in [-0.4, -0.2) is 24.5 Å². The average Bonchev–Trinajstić information content (AvgIpc) is 2.59. The van der Waals surface area contributed by atoms with Crippen molar-refractivity contribution in [3.8, 4) is 0 Å². The molecule has 2 aromatic rings. The van der Waals surface area contributed by atoms with E-state index in [1.807, 2.05) is 45.9 Å². The number of imide groups is 1. The summed E-state index contributed by atoms with van der Waals surface area (Å²) >= 11 is 0. The monoisotopic (exact) mass is 354 g/mol. The van der Waals surface area contributed by atoms with Crippen molar-refractivity contribution >= 4 is 23.6 Å². The summed E-state index contributed by atoms with van der Waals surface area (Å²) in [6.07, 6.45) is 0. The zero-order chi connectivity index (χ0) is 19.3. The van der Waals surface area contributed by atoms with E-state index in [1.54, 1.807) is 18.2 Å². The number of benzene rings is 2. The minimum atomic E-state index is -0.704. The molecule has 0 aromatic heterocycles. The summed E-state index contributed by atoms with van der Waals surface area (Å²) in [6.45, 7) is 7.09. The molecule has 3 amide bonds. The lowest BCUT2D eigenvalue weighted by Gasteiger charge is -2.11. The second kappa shape index (κ2) is 8.29. The topological polar surface area (TPSA) is 84.5 Å². The molecule has 0 radical (unpaired) electrons. The third-order valence-electron chi connectivity index (χ3n) is 4.18. The van der Waals surface area contributed by atoms with Gasteiger partial charge < -0.3 is 10.1 Å². The zero-order valence-electron chi connectivity index (χ0n) is 15.3. The highest BCUT2D eigenvalue weighted by Crippen LogP contribution is 2.17. The van der Waals surface area contributed by atoms with Gasteiger partial charge in [-0.15, -0.1) is 0 Å². The Morgan fingerprint density at radius 3 is 2.35 bits per heavy atom. The molecule has 0 spiro atoms. The first-order valence-corrected chi connectivity index (χ1v) is 8.19. The van der Waals surface area contributed by atoms with Crippen molar-refractivity contribution in [3.63, 3.8) is 0 Å². The highest BCUT2D eigenvalue weighted by molar-refractivity contribution is 6.02. The summed E-state index contributed by atoms with van der Waals surface area (Å²) in [7, 11) is 0. The molecule has 26 heavy (non-hydrogen) atoms. The van der Waals surface area contributed by atoms with Gasteiger partial charge in [0.05, 0.1) is 5.56 Å². The number of hydrogen-bond acceptors (Lipinski definition) is 4. The molecule has 136 valence electrons. The first kappa shape index (κ1) is 19.2. The van der Waals surface area contributed by atoms with Crippen LogP contribution in [0.5, 0.6) is 0 Å². The predicted octanol–water partition coefficient (Wildman–Crippen LogP) is 3.43. The summed E-state index contributed by atoms with van der Waals surface area (Å²) in [4.78, 5) is 35.7. The fourth-order valence-corrected chi connectivity index (χ4v) is 2.29. The van der Waals surface area contributed by atoms with Crippen molar-refractivity contribution in [2.24, 2.45) is 0 Å². The van der Waals surface area contributed by atoms with Gasteiger partial charge in [0.15, 0.2) is 6.61 Å². The van der Waals surface area contributed by atoms with Crippen LogP contribution in [0.3, 0.4) is 0 Å². The van der Waals surface area contributed by atoms with Crippen LogP contribution in [0.15, 0.2) is 36.4 Å². The van der Waals surface area contributed by atoms with E-state index in [2.05, 4.69) is 10.6 Å². The van der Waals surface area contributed by atoms with Gasteiger partial charge in [0, 0.05) is 5.69 Å². The quantitative estimate of drug-likeness (QED) is 0.824. The number of aryl methyl sites for hydroxylation is 3. The van der Waals surface area contributed by atoms with Crippen molar-refractivity contribution in [2.45, 2.75) is 27.7 Å². The molecule has 2 rings (SSSR count). The van der Waals surface area contributed by atoms with E-state index in [-0.39, 0.29) is 0 Å². The summed E-state index contributed by atoms with van der Waals surface area (Å²) in [6, 6.07) is 9.95. The molecule has 2 N–H and O–H groups in total. The van der Waals surface area contributed by atoms with Crippen molar-refractivity contribution in [1.82, 2.24) is 5.32 Å². The Labute approximate surface area is 152 Å². The molecule has 0 aliphatic rings. The normalized spacial score (nSPS) is 10.2. The summed E-state index contributed by atoms with van der Waals surface area (Å²) in [5.74, 6) is -1.32. The van der Waals surface area contributed by atoms with Crippen molar-refractivity contribution in [3.05, 3.63) is 64.2 Å². The molecule has 0 unspecified atom stereocenters. The van der Waals surface area contributed by atoms with Gasteiger partial charge in [-0.1, -0.05) is 18.2 Å². The van der Waals surface area contributed by atoms with Gasteiger partial charge in [-0.3, -0.25) is 10.1 Å². The molecule has 0 bridgehead atoms. The third kappa shape index (κ3) is 4.92. The smallest absolute Gasteiger partial charge is 0.338 e. The maximum absolute atomic E-state index is 12.0. The van der Waals surface area contributed by atoms with Gasteiger partial charge in [-0.25, -0.2) is 9.59 Å². The lowest BCUT2D eigenvalue weighted by atomic mass is 10.1. The van der Waals surface area contributed by atoms with Crippen LogP contribution in [0.25, 0.3) is 0 Å². The average molecular weight is 354 g/mol. The van der Waals surface area contributed by atoms with Crippen molar-refractivity contribution < 1.29 is 19.1 Å². The number of ether oxygens (including phenoxy) is 1. The van der Waals surface area contributed by atoms with Gasteiger partial charge in [-0.05, 0) is 68.1 Å². The molecular formula is C20H22N2O4. The SMILES string of the molecule is Cc1ccc(C(=O)OCC(=O)NC(=O)Nc2cccc(C)c2C)cc1C. The highest BCUT2D eigenvalue weighted by atomic mass is 16.5. The lowest BCUT2D eigenvalue weighted by molar-refractivity contribution is -0.123. The fraction of sp³-hybridized carbons (Fsp3) is 0.250. The molecule has 0 saturated carbocycles. The highest BCUT2D eigenvalue weighted by Gasteiger charge is 2.14. The number of carbonyl (C=O) groups excluding carboxylic acids is 3. The number of urea groups is 1. The van der Waals surface area contributed by atoms with Gasteiger partial charge in [0.1, 0.15) is 0 Å². The van der Waals surface area contributed by atoms with E-state index in [1.165, 1.54) is 0 Å². The zero-order valence-corrected chi connectivity index (χ0v) is 15.3. The molecule has 0 heterocycles. The maximum atomic E-state index is 12.0. The second-order valence-electron chi connectivity index (χ2n) is 6.12. The van der Waals surface area contributed by atoms with Crippen LogP contribution < -0.4 is 10.6 Å². The Morgan fingerprint density at radius 2 is 1.65 bits per heavy atom. The number of carbonyl (C=O) groups is 3. The van der Waals surface area contributed by atoms with E-state index >= 15 is 0 Å². The Morgan fingerprint density at radius 1 is 0.923 bits per heavy atom. The van der Waals surface area contributed by atoms with E-state index in [0.717, 1.165) is 22.3 Å². The van der Waals surface area contributed by atoms with Crippen LogP contribution in [0.2, 0.25) is 0 Å². The number of amides is 3. The lowest BCUT2D eigenvalue weighted by Crippen LogP contribution is -2.37. The second-order valence-corrected chi connectivity index (χ2v) is 6.12. The number of anilines is 1. The molecular weight excluding hydrogens is 332 g/mol. The molecule has 0 aliphatic carbocycles. The Bertz CT molecular complexity index is 859. The molecule has 6 heteroatoms. The van der Waals surface area contributed by atoms with Crippen LogP contribution in [0.4, 0.5) is 10.5 Å². The number of nitrogens with one attached hydrogen (secondary N) is 2. The largest absolute Gasteiger partial charge is 0.452 e. The summed E-state index contributed by atoms with van der Waals surface area (Å²) in [5, 5.41) is 4.74. The van der Waals surface area contributed by atoms with Crippen LogP contribution in [-0.2, 0) is 9.53 Å². The minimum Gasteiger partial charge on any atom is -0.452 e. The van der Waals surface area contributed by atoms with E-state index < -0.39 is 24.5 Å². The summed E-state index contributed by atoms with van der Waals surface area (Å²) in [5.41, 5.74) is 4.93. The molecule has 0 aliphatic heterocycles. The van der Waals surface area contributed by atoms with E-state index in [0.29, 0.717) is 11.3 Å². The van der Waals surface area contributed by atoms with Gasteiger partial charge >= 0.3 is 12.0 Å². The molecule has 0 atom stereocenters. The third-order valence-corrected chi connectivity index (χ3v) is 4.18. The molecule has 0 saturated heterocycles. The molecule has 0 fully saturated rings. The van der Waals surface area contributed by atoms with Crippen LogP contribution >= 0.6 is 0 Å². The number of esters is 1. The van der Waals surface area contributed by atoms with Crippen molar-refractivity contribution in [2.75, 3.05) is 11.9 Å². The maximum Gasteiger partial charge on any atom is 0.338 e. The van der Waals surface area contributed by atoms with Gasteiger partial charge in [0.2, 0.25) is 0 Å². The Hall–Kier alpha value is -3.15. The first-order chi connectivity index (χ1) is 12.3. The number of rotatable bonds is 4. The Balaban J connectivity index is 1.86. The number of hydrogen-bond donors (Lipinski definition) is 2. The van der Waals surface area contributed by atoms with E-state index in [9.17, 15) is 14.4 Å². The van der Waals surface area contributed by atoms with Gasteiger partial charge in [0.25, 0.3) is 5.91 Å². The van der Waals surface area contributed by atoms with Crippen LogP contribution in [0, 0.1) is 27.7 Å². The van der Waals surface area contributed by atoms with E-state index in [4.69, 9.17) is 4.74 Å². The molecule has 6 nitrogen and oxygen atoms in total. The standard InChI is InChI=1S/C20H22N2O4/c1-12-8-9-16(10-14(12)3)19(24)26-11-18(23)22-20(25)21-17-7-5-6-13(2)15(17)4/h5-10H,11H2,1-4H3,(H2,21,22,23,25). The van der Waals surface area contributed by atoms with Crippen LogP contribution in [0.1, 0.15) is 32.6 Å². The summed E-state index contributed by atoms with van der Waals surface area (Å²) < 4.78 is 4.95.